The summed E-state index contributed by atoms with van der Waals surface area (Å²) in [5.41, 5.74) is 2.29. The molecular formula is C27H28N2O6. The summed E-state index contributed by atoms with van der Waals surface area (Å²) in [6.07, 6.45) is 0. The Labute approximate surface area is 203 Å². The number of hydrogen-bond acceptors (Lipinski definition) is 7. The van der Waals surface area contributed by atoms with Crippen LogP contribution in [0.3, 0.4) is 0 Å². The zero-order valence-electron chi connectivity index (χ0n) is 19.8. The Bertz CT molecular complexity index is 1290. The van der Waals surface area contributed by atoms with Crippen LogP contribution in [-0.2, 0) is 9.53 Å². The molecule has 1 aromatic heterocycles. The molecule has 1 saturated heterocycles. The van der Waals surface area contributed by atoms with Crippen LogP contribution in [-0.4, -0.2) is 73.1 Å². The molecule has 0 spiro atoms. The zero-order valence-corrected chi connectivity index (χ0v) is 19.8. The Morgan fingerprint density at radius 3 is 2.57 bits per heavy atom. The number of aliphatic hydroxyl groups is 1. The van der Waals surface area contributed by atoms with Gasteiger partial charge in [0.25, 0.3) is 5.91 Å². The average molecular weight is 477 g/mol. The van der Waals surface area contributed by atoms with E-state index in [-0.39, 0.29) is 11.3 Å². The lowest BCUT2D eigenvalue weighted by Crippen LogP contribution is -2.43. The normalized spacial score (nSPS) is 19.1. The molecule has 182 valence electrons. The van der Waals surface area contributed by atoms with Gasteiger partial charge in [0.1, 0.15) is 0 Å². The lowest BCUT2D eigenvalue weighted by molar-refractivity contribution is -0.129. The molecule has 1 N–H and O–H groups in total. The second-order valence-electron chi connectivity index (χ2n) is 8.85. The van der Waals surface area contributed by atoms with Gasteiger partial charge < -0.3 is 23.9 Å². The molecule has 35 heavy (non-hydrogen) atoms. The summed E-state index contributed by atoms with van der Waals surface area (Å²) < 4.78 is 16.6. The zero-order chi connectivity index (χ0) is 24.5. The van der Waals surface area contributed by atoms with Crippen molar-refractivity contribution in [2.45, 2.75) is 13.0 Å². The van der Waals surface area contributed by atoms with Crippen molar-refractivity contribution in [3.8, 4) is 5.75 Å². The van der Waals surface area contributed by atoms with Crippen LogP contribution in [0.1, 0.15) is 27.7 Å². The van der Waals surface area contributed by atoms with Gasteiger partial charge in [-0.05, 0) is 24.6 Å². The summed E-state index contributed by atoms with van der Waals surface area (Å²) >= 11 is 0. The van der Waals surface area contributed by atoms with Crippen LogP contribution in [0.25, 0.3) is 11.0 Å². The fourth-order valence-corrected chi connectivity index (χ4v) is 4.73. The maximum Gasteiger partial charge on any atom is 0.290 e. The molecule has 1 fully saturated rings. The second kappa shape index (κ2) is 9.56. The van der Waals surface area contributed by atoms with Gasteiger partial charge in [-0.1, -0.05) is 42.0 Å². The first-order valence-corrected chi connectivity index (χ1v) is 11.7. The van der Waals surface area contributed by atoms with E-state index < -0.39 is 23.5 Å². The number of carbonyl (C=O) groups is 2. The van der Waals surface area contributed by atoms with Crippen LogP contribution in [0.2, 0.25) is 0 Å². The molecule has 1 amide bonds. The minimum atomic E-state index is -0.716. The van der Waals surface area contributed by atoms with Crippen LogP contribution in [0.4, 0.5) is 0 Å². The van der Waals surface area contributed by atoms with Crippen molar-refractivity contribution in [2.75, 3.05) is 46.5 Å². The molecule has 0 unspecified atom stereocenters. The van der Waals surface area contributed by atoms with Crippen LogP contribution < -0.4 is 4.74 Å². The first kappa shape index (κ1) is 23.1. The molecule has 0 saturated carbocycles. The molecule has 0 bridgehead atoms. The third kappa shape index (κ3) is 4.31. The molecule has 1 atom stereocenters. The first-order valence-electron chi connectivity index (χ1n) is 11.7. The molecule has 5 rings (SSSR count). The van der Waals surface area contributed by atoms with E-state index >= 15 is 0 Å². The summed E-state index contributed by atoms with van der Waals surface area (Å²) in [6, 6.07) is 13.9. The number of rotatable bonds is 7. The maximum absolute atomic E-state index is 13.7. The highest BCUT2D eigenvalue weighted by atomic mass is 16.5. The predicted molar refractivity (Wildman–Crippen MR) is 130 cm³/mol. The molecule has 8 nitrogen and oxygen atoms in total. The second-order valence-corrected chi connectivity index (χ2v) is 8.85. The minimum absolute atomic E-state index is 0.0267. The van der Waals surface area contributed by atoms with E-state index in [9.17, 15) is 14.7 Å². The number of fused-ring (bicyclic) bond motifs is 1. The number of hydrogen-bond donors (Lipinski definition) is 1. The van der Waals surface area contributed by atoms with Gasteiger partial charge in [0, 0.05) is 31.6 Å². The summed E-state index contributed by atoms with van der Waals surface area (Å²) in [6.45, 7) is 5.82. The van der Waals surface area contributed by atoms with Crippen LogP contribution >= 0.6 is 0 Å². The smallest absolute Gasteiger partial charge is 0.290 e. The fourth-order valence-electron chi connectivity index (χ4n) is 4.73. The number of amides is 1. The van der Waals surface area contributed by atoms with E-state index in [4.69, 9.17) is 13.9 Å². The quantitative estimate of drug-likeness (QED) is 0.520. The SMILES string of the molecule is COc1cccc2cc(C(=O)C3=C(O)C(=O)N(CCN4CCOCC4)[C@@H]3c3ccc(C)cc3)oc12. The van der Waals surface area contributed by atoms with Gasteiger partial charge in [-0.25, -0.2) is 0 Å². The number of aryl methyl sites for hydroxylation is 1. The van der Waals surface area contributed by atoms with Gasteiger partial charge in [0.15, 0.2) is 22.9 Å². The maximum atomic E-state index is 13.7. The van der Waals surface area contributed by atoms with E-state index in [2.05, 4.69) is 4.90 Å². The number of aliphatic hydroxyl groups excluding tert-OH is 1. The van der Waals surface area contributed by atoms with Gasteiger partial charge in [-0.3, -0.25) is 14.5 Å². The predicted octanol–water partition coefficient (Wildman–Crippen LogP) is 3.66. The largest absolute Gasteiger partial charge is 0.503 e. The highest BCUT2D eigenvalue weighted by Crippen LogP contribution is 2.40. The lowest BCUT2D eigenvalue weighted by Gasteiger charge is -2.31. The number of carbonyl (C=O) groups excluding carboxylic acids is 2. The highest BCUT2D eigenvalue weighted by Gasteiger charge is 2.44. The molecule has 2 aromatic carbocycles. The topological polar surface area (TPSA) is 92.5 Å². The average Bonchev–Trinajstić information content (AvgIpc) is 3.43. The molecule has 8 heteroatoms. The number of ketones is 1. The molecular weight excluding hydrogens is 448 g/mol. The van der Waals surface area contributed by atoms with Crippen molar-refractivity contribution < 1.29 is 28.6 Å². The van der Waals surface area contributed by atoms with Crippen molar-refractivity contribution in [2.24, 2.45) is 0 Å². The van der Waals surface area contributed by atoms with Crippen molar-refractivity contribution in [1.29, 1.82) is 0 Å². The number of furan rings is 1. The summed E-state index contributed by atoms with van der Waals surface area (Å²) in [7, 11) is 1.53. The van der Waals surface area contributed by atoms with Crippen LogP contribution in [0, 0.1) is 6.92 Å². The van der Waals surface area contributed by atoms with Gasteiger partial charge in [-0.2, -0.15) is 0 Å². The van der Waals surface area contributed by atoms with Crippen LogP contribution in [0.15, 0.2) is 64.3 Å². The fraction of sp³-hybridized carbons (Fsp3) is 0.333. The van der Waals surface area contributed by atoms with Crippen molar-refractivity contribution >= 4 is 22.7 Å². The van der Waals surface area contributed by atoms with Gasteiger partial charge >= 0.3 is 0 Å². The van der Waals surface area contributed by atoms with E-state index in [0.29, 0.717) is 43.0 Å². The lowest BCUT2D eigenvalue weighted by atomic mass is 9.94. The van der Waals surface area contributed by atoms with E-state index in [1.54, 1.807) is 17.0 Å². The number of methoxy groups -OCH3 is 1. The molecule has 0 aliphatic carbocycles. The summed E-state index contributed by atoms with van der Waals surface area (Å²) in [5.74, 6) is -1.06. The van der Waals surface area contributed by atoms with Crippen LogP contribution in [0.5, 0.6) is 5.75 Å². The number of morpholine rings is 1. The van der Waals surface area contributed by atoms with Crippen molar-refractivity contribution in [1.82, 2.24) is 9.80 Å². The third-order valence-corrected chi connectivity index (χ3v) is 6.65. The van der Waals surface area contributed by atoms with Gasteiger partial charge in [-0.15, -0.1) is 0 Å². The highest BCUT2D eigenvalue weighted by molar-refractivity contribution is 6.16. The Morgan fingerprint density at radius 2 is 1.86 bits per heavy atom. The number of para-hydroxylation sites is 1. The number of nitrogens with zero attached hydrogens (tertiary/aromatic N) is 2. The monoisotopic (exact) mass is 476 g/mol. The van der Waals surface area contributed by atoms with Gasteiger partial charge in [0.05, 0.1) is 31.9 Å². The summed E-state index contributed by atoms with van der Waals surface area (Å²) in [4.78, 5) is 30.7. The summed E-state index contributed by atoms with van der Waals surface area (Å²) in [5, 5.41) is 11.6. The molecule has 2 aliphatic rings. The number of ether oxygens (including phenoxy) is 2. The Kier molecular flexibility index (Phi) is 6.32. The number of benzene rings is 2. The molecule has 0 radical (unpaired) electrons. The molecule has 3 heterocycles. The van der Waals surface area contributed by atoms with E-state index in [1.807, 2.05) is 43.3 Å². The van der Waals surface area contributed by atoms with E-state index in [0.717, 1.165) is 24.2 Å². The Balaban J connectivity index is 1.51. The molecule has 3 aromatic rings. The van der Waals surface area contributed by atoms with Crippen molar-refractivity contribution in [3.63, 3.8) is 0 Å². The Hall–Kier alpha value is -3.62. The molecule has 2 aliphatic heterocycles. The standard InChI is InChI=1S/C27H28N2O6/c1-17-6-8-18(9-7-17)23-22(24(30)21-16-19-4-3-5-20(33-2)26(19)35-21)25(31)27(32)29(23)11-10-28-12-14-34-15-13-28/h3-9,16,23,31H,10-15H2,1-2H3/t23-/m1/s1. The Morgan fingerprint density at radius 1 is 1.11 bits per heavy atom. The van der Waals surface area contributed by atoms with Crippen molar-refractivity contribution in [3.05, 3.63) is 76.8 Å². The van der Waals surface area contributed by atoms with Gasteiger partial charge in [0.2, 0.25) is 5.78 Å². The number of Topliss-reactive ketones (excluding diaryl/α,β-unsaturated/α-hetero) is 1. The third-order valence-electron chi connectivity index (χ3n) is 6.65. The van der Waals surface area contributed by atoms with E-state index in [1.165, 1.54) is 7.11 Å². The minimum Gasteiger partial charge on any atom is -0.503 e. The first-order chi connectivity index (χ1) is 17.0.